The number of aliphatic hydroxyl groups excluding tert-OH is 2. The molecule has 8 heteroatoms. The Morgan fingerprint density at radius 3 is 1.64 bits per heavy atom. The van der Waals surface area contributed by atoms with Crippen molar-refractivity contribution >= 4 is 35.1 Å². The number of rotatable bonds is 7. The fraction of sp³-hybridized carbons (Fsp3) is 0.440. The van der Waals surface area contributed by atoms with Crippen LogP contribution in [0.1, 0.15) is 61.8 Å². The molecule has 0 amide bonds. The Morgan fingerprint density at radius 1 is 0.879 bits per heavy atom. The predicted molar refractivity (Wildman–Crippen MR) is 130 cm³/mol. The maximum absolute atomic E-state index is 12.5. The zero-order valence-electron chi connectivity index (χ0n) is 19.6. The second-order valence-electron chi connectivity index (χ2n) is 8.70. The summed E-state index contributed by atoms with van der Waals surface area (Å²) in [5.74, 6) is -1.02. The van der Waals surface area contributed by atoms with Crippen LogP contribution in [-0.4, -0.2) is 47.1 Å². The molecule has 0 saturated heterocycles. The van der Waals surface area contributed by atoms with E-state index in [1.165, 1.54) is 0 Å². The van der Waals surface area contributed by atoms with Gasteiger partial charge in [0.2, 0.25) is 0 Å². The maximum Gasteiger partial charge on any atom is 0.338 e. The third kappa shape index (κ3) is 9.33. The van der Waals surface area contributed by atoms with E-state index in [0.717, 1.165) is 0 Å². The van der Waals surface area contributed by atoms with Crippen LogP contribution >= 0.6 is 23.2 Å². The zero-order chi connectivity index (χ0) is 25.2. The first-order valence-corrected chi connectivity index (χ1v) is 11.3. The smallest absolute Gasteiger partial charge is 0.338 e. The van der Waals surface area contributed by atoms with Gasteiger partial charge in [-0.1, -0.05) is 50.9 Å². The van der Waals surface area contributed by atoms with Crippen LogP contribution in [0, 0.1) is 5.41 Å². The van der Waals surface area contributed by atoms with E-state index < -0.39 is 29.1 Å². The molecule has 2 aromatic rings. The summed E-state index contributed by atoms with van der Waals surface area (Å²) < 4.78 is 11.2. The Kier molecular flexibility index (Phi) is 11.3. The highest BCUT2D eigenvalue weighted by Gasteiger charge is 2.43. The van der Waals surface area contributed by atoms with Crippen molar-refractivity contribution in [1.29, 1.82) is 0 Å². The minimum Gasteiger partial charge on any atom is -0.458 e. The van der Waals surface area contributed by atoms with Gasteiger partial charge in [-0.05, 0) is 61.9 Å². The van der Waals surface area contributed by atoms with Crippen LogP contribution in [0.15, 0.2) is 48.5 Å². The third-order valence-corrected chi connectivity index (χ3v) is 5.73. The Labute approximate surface area is 205 Å². The average Bonchev–Trinajstić information content (AvgIpc) is 2.77. The molecule has 33 heavy (non-hydrogen) atoms. The van der Waals surface area contributed by atoms with Gasteiger partial charge in [-0.3, -0.25) is 0 Å². The molecule has 6 nitrogen and oxygen atoms in total. The Bertz CT molecular complexity index is 887. The van der Waals surface area contributed by atoms with Crippen molar-refractivity contribution in [1.82, 2.24) is 0 Å². The minimum atomic E-state index is -1.04. The van der Waals surface area contributed by atoms with Gasteiger partial charge in [0.25, 0.3) is 0 Å². The van der Waals surface area contributed by atoms with Crippen LogP contribution in [0.4, 0.5) is 0 Å². The standard InChI is InChI=1S/C21H22Cl2O4.C4H10O2/c1-20(2,3)21(4,27-19(25)15-7-11-17(23)12-8-15)13-26-18(24)14-5-9-16(22)10-6-14;1-2-4(6)3-5/h5-12H,13H2,1-4H3;4-6H,2-3H2,1H3. The zero-order valence-corrected chi connectivity index (χ0v) is 21.1. The van der Waals surface area contributed by atoms with E-state index in [4.69, 9.17) is 42.9 Å². The Balaban J connectivity index is 0.000000801. The highest BCUT2D eigenvalue weighted by Crippen LogP contribution is 2.35. The molecule has 0 aliphatic carbocycles. The molecule has 2 rings (SSSR count). The largest absolute Gasteiger partial charge is 0.458 e. The molecule has 0 radical (unpaired) electrons. The molecule has 2 atom stereocenters. The van der Waals surface area contributed by atoms with E-state index >= 15 is 0 Å². The second kappa shape index (κ2) is 12.9. The lowest BCUT2D eigenvalue weighted by Gasteiger charge is -2.40. The number of halogens is 2. The van der Waals surface area contributed by atoms with Gasteiger partial charge in [0.1, 0.15) is 12.2 Å². The number of carbonyl (C=O) groups is 2. The molecule has 0 bridgehead atoms. The van der Waals surface area contributed by atoms with Crippen LogP contribution in [0.2, 0.25) is 10.0 Å². The quantitative estimate of drug-likeness (QED) is 0.485. The summed E-state index contributed by atoms with van der Waals surface area (Å²) in [4.78, 5) is 24.9. The number of hydrogen-bond donors (Lipinski definition) is 2. The van der Waals surface area contributed by atoms with E-state index in [1.54, 1.807) is 55.5 Å². The van der Waals surface area contributed by atoms with Crippen LogP contribution in [-0.2, 0) is 9.47 Å². The molecule has 0 aliphatic heterocycles. The molecular formula is C25H32Cl2O6. The number of esters is 2. The lowest BCUT2D eigenvalue weighted by atomic mass is 9.78. The molecule has 0 spiro atoms. The number of carbonyl (C=O) groups excluding carboxylic acids is 2. The summed E-state index contributed by atoms with van der Waals surface area (Å²) in [5.41, 5.74) is -0.764. The normalized spacial score (nSPS) is 13.7. The average molecular weight is 499 g/mol. The SMILES string of the molecule is CC(C)(C)C(C)(COC(=O)c1ccc(Cl)cc1)OC(=O)c1ccc(Cl)cc1.CCC(O)CO. The summed E-state index contributed by atoms with van der Waals surface area (Å²) in [7, 11) is 0. The van der Waals surface area contributed by atoms with Crippen molar-refractivity contribution < 1.29 is 29.3 Å². The first-order chi connectivity index (χ1) is 15.3. The molecule has 0 fully saturated rings. The topological polar surface area (TPSA) is 93.1 Å². The summed E-state index contributed by atoms with van der Waals surface area (Å²) >= 11 is 11.7. The van der Waals surface area contributed by atoms with E-state index in [0.29, 0.717) is 27.6 Å². The van der Waals surface area contributed by atoms with Crippen LogP contribution in [0.3, 0.4) is 0 Å². The molecular weight excluding hydrogens is 467 g/mol. The van der Waals surface area contributed by atoms with Crippen molar-refractivity contribution in [2.45, 2.75) is 52.7 Å². The van der Waals surface area contributed by atoms with E-state index in [1.807, 2.05) is 27.7 Å². The number of hydrogen-bond acceptors (Lipinski definition) is 6. The van der Waals surface area contributed by atoms with Crippen LogP contribution in [0.5, 0.6) is 0 Å². The Morgan fingerprint density at radius 2 is 1.30 bits per heavy atom. The van der Waals surface area contributed by atoms with Gasteiger partial charge < -0.3 is 19.7 Å². The predicted octanol–water partition coefficient (Wildman–Crippen LogP) is 5.56. The molecule has 2 unspecified atom stereocenters. The summed E-state index contributed by atoms with van der Waals surface area (Å²) in [6.07, 6.45) is 0.126. The minimum absolute atomic E-state index is 0.0860. The highest BCUT2D eigenvalue weighted by molar-refractivity contribution is 6.31. The van der Waals surface area contributed by atoms with E-state index in [2.05, 4.69) is 0 Å². The van der Waals surface area contributed by atoms with Gasteiger partial charge in [-0.25, -0.2) is 9.59 Å². The van der Waals surface area contributed by atoms with Gasteiger partial charge in [0, 0.05) is 15.5 Å². The molecule has 0 aromatic heterocycles. The van der Waals surface area contributed by atoms with Crippen LogP contribution < -0.4 is 0 Å². The first-order valence-electron chi connectivity index (χ1n) is 10.5. The molecule has 0 saturated carbocycles. The molecule has 0 heterocycles. The number of ether oxygens (including phenoxy) is 2. The van der Waals surface area contributed by atoms with Crippen LogP contribution in [0.25, 0.3) is 0 Å². The van der Waals surface area contributed by atoms with Gasteiger partial charge in [-0.2, -0.15) is 0 Å². The molecule has 182 valence electrons. The van der Waals surface area contributed by atoms with E-state index in [-0.39, 0.29) is 13.2 Å². The third-order valence-electron chi connectivity index (χ3n) is 5.23. The van der Waals surface area contributed by atoms with Crippen molar-refractivity contribution in [3.63, 3.8) is 0 Å². The van der Waals surface area contributed by atoms with Crippen molar-refractivity contribution in [3.05, 3.63) is 69.7 Å². The maximum atomic E-state index is 12.5. The summed E-state index contributed by atoms with van der Waals surface area (Å²) in [6, 6.07) is 12.8. The Hall–Kier alpha value is -2.12. The van der Waals surface area contributed by atoms with Crippen molar-refractivity contribution in [2.24, 2.45) is 5.41 Å². The van der Waals surface area contributed by atoms with Gasteiger partial charge in [0.05, 0.1) is 23.8 Å². The van der Waals surface area contributed by atoms with Gasteiger partial charge in [-0.15, -0.1) is 0 Å². The number of aliphatic hydroxyl groups is 2. The first kappa shape index (κ1) is 28.9. The fourth-order valence-corrected chi connectivity index (χ4v) is 2.50. The monoisotopic (exact) mass is 498 g/mol. The molecule has 0 aliphatic rings. The second-order valence-corrected chi connectivity index (χ2v) is 9.58. The summed E-state index contributed by atoms with van der Waals surface area (Å²) in [5, 5.41) is 17.6. The molecule has 2 aromatic carbocycles. The van der Waals surface area contributed by atoms with Gasteiger partial charge >= 0.3 is 11.9 Å². The lowest BCUT2D eigenvalue weighted by molar-refractivity contribution is -0.0996. The van der Waals surface area contributed by atoms with Gasteiger partial charge in [0.15, 0.2) is 0 Å². The molecule has 2 N–H and O–H groups in total. The van der Waals surface area contributed by atoms with E-state index in [9.17, 15) is 9.59 Å². The van der Waals surface area contributed by atoms with Crippen molar-refractivity contribution in [3.8, 4) is 0 Å². The number of benzene rings is 2. The summed E-state index contributed by atoms with van der Waals surface area (Å²) in [6.45, 7) is 9.11. The fourth-order valence-electron chi connectivity index (χ4n) is 2.25. The highest BCUT2D eigenvalue weighted by atomic mass is 35.5. The van der Waals surface area contributed by atoms with Crippen molar-refractivity contribution in [2.75, 3.05) is 13.2 Å². The lowest BCUT2D eigenvalue weighted by Crippen LogP contribution is -2.48.